The van der Waals surface area contributed by atoms with Crippen LogP contribution in [-0.2, 0) is 6.54 Å². The van der Waals surface area contributed by atoms with E-state index in [4.69, 9.17) is 11.6 Å². The molecular formula is C9H6ClN5OS. The van der Waals surface area contributed by atoms with Gasteiger partial charge in [0.2, 0.25) is 0 Å². The van der Waals surface area contributed by atoms with Crippen molar-refractivity contribution in [2.45, 2.75) is 6.54 Å². The largest absolute Gasteiger partial charge is 0.306 e. The fourth-order valence-electron chi connectivity index (χ4n) is 1.54. The van der Waals surface area contributed by atoms with E-state index in [2.05, 4.69) is 14.7 Å². The van der Waals surface area contributed by atoms with Crippen LogP contribution in [0.5, 0.6) is 0 Å². The molecule has 0 aromatic carbocycles. The molecule has 3 aromatic rings. The summed E-state index contributed by atoms with van der Waals surface area (Å²) in [5, 5.41) is 7.86. The number of rotatable bonds is 2. The first-order valence-electron chi connectivity index (χ1n) is 4.75. The molecule has 0 radical (unpaired) electrons. The third kappa shape index (κ3) is 1.73. The van der Waals surface area contributed by atoms with Gasteiger partial charge in [-0.3, -0.25) is 4.79 Å². The van der Waals surface area contributed by atoms with Crippen LogP contribution in [0.2, 0.25) is 4.34 Å². The zero-order valence-electron chi connectivity index (χ0n) is 8.45. The van der Waals surface area contributed by atoms with Gasteiger partial charge < -0.3 is 4.57 Å². The van der Waals surface area contributed by atoms with Crippen molar-refractivity contribution in [2.75, 3.05) is 0 Å². The normalized spacial score (nSPS) is 11.1. The smallest absolute Gasteiger partial charge is 0.276 e. The molecule has 0 saturated heterocycles. The maximum Gasteiger partial charge on any atom is 0.276 e. The molecule has 3 rings (SSSR count). The Labute approximate surface area is 104 Å². The molecule has 0 aliphatic rings. The van der Waals surface area contributed by atoms with Crippen LogP contribution in [0, 0.1) is 0 Å². The third-order valence-electron chi connectivity index (χ3n) is 2.37. The Hall–Kier alpha value is -1.73. The van der Waals surface area contributed by atoms with Gasteiger partial charge in [0.15, 0.2) is 0 Å². The second kappa shape index (κ2) is 3.94. The standard InChI is InChI=1S/C9H6ClN5OS/c10-8-6(12-13-17-8)5-14-3-4-15-7(9(14)16)1-2-11-15/h1-4H,5H2. The van der Waals surface area contributed by atoms with Crippen LogP contribution in [0.25, 0.3) is 5.52 Å². The third-order valence-corrected chi connectivity index (χ3v) is 3.35. The summed E-state index contributed by atoms with van der Waals surface area (Å²) in [4.78, 5) is 12.0. The second-order valence-electron chi connectivity index (χ2n) is 3.39. The summed E-state index contributed by atoms with van der Waals surface area (Å²) in [5.74, 6) is 0. The van der Waals surface area contributed by atoms with Gasteiger partial charge >= 0.3 is 0 Å². The van der Waals surface area contributed by atoms with Crippen molar-refractivity contribution in [2.24, 2.45) is 0 Å². The number of fused-ring (bicyclic) bond motifs is 1. The Morgan fingerprint density at radius 3 is 3.06 bits per heavy atom. The minimum absolute atomic E-state index is 0.130. The van der Waals surface area contributed by atoms with E-state index in [9.17, 15) is 4.79 Å². The quantitative estimate of drug-likeness (QED) is 0.696. The average molecular weight is 268 g/mol. The predicted molar refractivity (Wildman–Crippen MR) is 63.5 cm³/mol. The molecule has 0 atom stereocenters. The topological polar surface area (TPSA) is 65.1 Å². The van der Waals surface area contributed by atoms with Crippen molar-refractivity contribution >= 4 is 28.7 Å². The maximum absolute atomic E-state index is 12.0. The van der Waals surface area contributed by atoms with Crippen LogP contribution in [0.4, 0.5) is 0 Å². The Kier molecular flexibility index (Phi) is 2.41. The number of hydrogen-bond acceptors (Lipinski definition) is 5. The number of nitrogens with zero attached hydrogens (tertiary/aromatic N) is 5. The molecule has 86 valence electrons. The minimum atomic E-state index is -0.130. The Morgan fingerprint density at radius 1 is 1.41 bits per heavy atom. The molecule has 0 fully saturated rings. The van der Waals surface area contributed by atoms with E-state index in [1.807, 2.05) is 0 Å². The van der Waals surface area contributed by atoms with Crippen molar-refractivity contribution < 1.29 is 0 Å². The SMILES string of the molecule is O=c1c2ccnn2ccn1Cc1nnsc1Cl. The van der Waals surface area contributed by atoms with E-state index in [1.54, 1.807) is 24.7 Å². The predicted octanol–water partition coefficient (Wildman–Crippen LogP) is 1.05. The molecule has 0 aliphatic heterocycles. The Bertz CT molecular complexity index is 730. The lowest BCUT2D eigenvalue weighted by Crippen LogP contribution is -2.22. The molecule has 0 amide bonds. The number of hydrogen-bond donors (Lipinski definition) is 0. The van der Waals surface area contributed by atoms with Crippen LogP contribution < -0.4 is 5.56 Å². The summed E-state index contributed by atoms with van der Waals surface area (Å²) in [6.45, 7) is 0.315. The Balaban J connectivity index is 2.09. The molecule has 0 N–H and O–H groups in total. The van der Waals surface area contributed by atoms with Crippen molar-refractivity contribution in [3.05, 3.63) is 45.0 Å². The zero-order valence-corrected chi connectivity index (χ0v) is 10.0. The fraction of sp³-hybridized carbons (Fsp3) is 0.111. The van der Waals surface area contributed by atoms with Gasteiger partial charge in [0, 0.05) is 23.9 Å². The monoisotopic (exact) mass is 267 g/mol. The molecule has 8 heteroatoms. The summed E-state index contributed by atoms with van der Waals surface area (Å²) >= 11 is 7.01. The van der Waals surface area contributed by atoms with Crippen LogP contribution in [-0.4, -0.2) is 23.8 Å². The van der Waals surface area contributed by atoms with Crippen molar-refractivity contribution in [3.63, 3.8) is 0 Å². The molecule has 0 spiro atoms. The van der Waals surface area contributed by atoms with Gasteiger partial charge in [0.1, 0.15) is 15.5 Å². The first-order chi connectivity index (χ1) is 8.25. The van der Waals surface area contributed by atoms with Crippen LogP contribution in [0.15, 0.2) is 29.5 Å². The summed E-state index contributed by atoms with van der Waals surface area (Å²) in [6, 6.07) is 1.67. The summed E-state index contributed by atoms with van der Waals surface area (Å²) in [7, 11) is 0. The van der Waals surface area contributed by atoms with Crippen LogP contribution in [0.3, 0.4) is 0 Å². The lowest BCUT2D eigenvalue weighted by atomic mass is 10.4. The lowest BCUT2D eigenvalue weighted by Gasteiger charge is -2.03. The van der Waals surface area contributed by atoms with Gasteiger partial charge in [0.05, 0.1) is 12.7 Å². The van der Waals surface area contributed by atoms with Gasteiger partial charge in [-0.2, -0.15) is 5.10 Å². The molecule has 17 heavy (non-hydrogen) atoms. The van der Waals surface area contributed by atoms with Crippen molar-refractivity contribution in [3.8, 4) is 0 Å². The zero-order chi connectivity index (χ0) is 11.8. The summed E-state index contributed by atoms with van der Waals surface area (Å²) < 4.78 is 7.29. The first-order valence-corrected chi connectivity index (χ1v) is 5.90. The average Bonchev–Trinajstić information content (AvgIpc) is 2.92. The van der Waals surface area contributed by atoms with E-state index in [0.29, 0.717) is 22.1 Å². The fourth-order valence-corrected chi connectivity index (χ4v) is 2.15. The van der Waals surface area contributed by atoms with Gasteiger partial charge in [-0.1, -0.05) is 16.1 Å². The lowest BCUT2D eigenvalue weighted by molar-refractivity contribution is 0.723. The number of halogens is 1. The van der Waals surface area contributed by atoms with Crippen molar-refractivity contribution in [1.29, 1.82) is 0 Å². The van der Waals surface area contributed by atoms with E-state index >= 15 is 0 Å². The highest BCUT2D eigenvalue weighted by molar-refractivity contribution is 7.10. The molecule has 0 unspecified atom stereocenters. The highest BCUT2D eigenvalue weighted by atomic mass is 35.5. The maximum atomic E-state index is 12.0. The van der Waals surface area contributed by atoms with Gasteiger partial charge in [0.25, 0.3) is 5.56 Å². The Morgan fingerprint density at radius 2 is 2.29 bits per heavy atom. The highest BCUT2D eigenvalue weighted by Gasteiger charge is 2.09. The summed E-state index contributed by atoms with van der Waals surface area (Å²) in [5.41, 5.74) is 0.989. The van der Waals surface area contributed by atoms with E-state index in [-0.39, 0.29) is 5.56 Å². The molecule has 0 bridgehead atoms. The molecule has 6 nitrogen and oxygen atoms in total. The molecule has 3 aromatic heterocycles. The second-order valence-corrected chi connectivity index (χ2v) is 4.74. The number of aromatic nitrogens is 5. The molecule has 3 heterocycles. The van der Waals surface area contributed by atoms with Gasteiger partial charge in [-0.05, 0) is 6.07 Å². The summed E-state index contributed by atoms with van der Waals surface area (Å²) in [6.07, 6.45) is 4.95. The van der Waals surface area contributed by atoms with E-state index < -0.39 is 0 Å². The minimum Gasteiger partial charge on any atom is -0.306 e. The van der Waals surface area contributed by atoms with Gasteiger partial charge in [-0.25, -0.2) is 4.52 Å². The van der Waals surface area contributed by atoms with Crippen LogP contribution in [0.1, 0.15) is 5.69 Å². The highest BCUT2D eigenvalue weighted by Crippen LogP contribution is 2.17. The van der Waals surface area contributed by atoms with E-state index in [0.717, 1.165) is 11.5 Å². The van der Waals surface area contributed by atoms with E-state index in [1.165, 1.54) is 9.08 Å². The van der Waals surface area contributed by atoms with Crippen molar-refractivity contribution in [1.82, 2.24) is 23.8 Å². The van der Waals surface area contributed by atoms with Gasteiger partial charge in [-0.15, -0.1) is 5.10 Å². The molecule has 0 aliphatic carbocycles. The molecular weight excluding hydrogens is 262 g/mol. The molecule has 0 saturated carbocycles. The van der Waals surface area contributed by atoms with Crippen LogP contribution >= 0.6 is 23.1 Å². The first kappa shape index (κ1) is 10.4.